The van der Waals surface area contributed by atoms with Gasteiger partial charge in [-0.15, -0.1) is 0 Å². The van der Waals surface area contributed by atoms with Crippen LogP contribution in [0.3, 0.4) is 0 Å². The molecule has 0 bridgehead atoms. The summed E-state index contributed by atoms with van der Waals surface area (Å²) in [6.45, 7) is 0. The van der Waals surface area contributed by atoms with Gasteiger partial charge in [0.2, 0.25) is 5.28 Å². The highest BCUT2D eigenvalue weighted by molar-refractivity contribution is 6.28. The average molecular weight is 310 g/mol. The smallest absolute Gasteiger partial charge is 0.224 e. The lowest BCUT2D eigenvalue weighted by molar-refractivity contribution is 0.498. The lowest BCUT2D eigenvalue weighted by atomic mass is 10.2. The third-order valence-electron chi connectivity index (χ3n) is 2.82. The zero-order chi connectivity index (χ0) is 15.0. The molecule has 0 aliphatic rings. The van der Waals surface area contributed by atoms with Crippen LogP contribution in [0.1, 0.15) is 0 Å². The van der Waals surface area contributed by atoms with Gasteiger partial charge in [-0.1, -0.05) is 12.1 Å². The maximum atomic E-state index is 13.7. The first-order valence-corrected chi connectivity index (χ1v) is 6.26. The van der Waals surface area contributed by atoms with Gasteiger partial charge in [0.25, 0.3) is 0 Å². The van der Waals surface area contributed by atoms with Crippen molar-refractivity contribution in [1.82, 2.24) is 9.97 Å². The summed E-state index contributed by atoms with van der Waals surface area (Å²) in [5.74, 6) is -3.23. The van der Waals surface area contributed by atoms with Gasteiger partial charge >= 0.3 is 0 Å². The van der Waals surface area contributed by atoms with Crippen molar-refractivity contribution in [3.63, 3.8) is 0 Å². The summed E-state index contributed by atoms with van der Waals surface area (Å²) in [6, 6.07) is 8.15. The number of nitrogens with one attached hydrogen (secondary N) is 1. The van der Waals surface area contributed by atoms with Crippen molar-refractivity contribution >= 4 is 34.0 Å². The van der Waals surface area contributed by atoms with Crippen LogP contribution in [0, 0.1) is 17.5 Å². The van der Waals surface area contributed by atoms with Gasteiger partial charge in [0.1, 0.15) is 11.6 Å². The quantitative estimate of drug-likeness (QED) is 0.561. The van der Waals surface area contributed by atoms with Crippen LogP contribution in [0.2, 0.25) is 5.28 Å². The van der Waals surface area contributed by atoms with E-state index in [-0.39, 0.29) is 16.8 Å². The maximum Gasteiger partial charge on any atom is 0.224 e. The molecule has 1 N–H and O–H groups in total. The summed E-state index contributed by atoms with van der Waals surface area (Å²) >= 11 is 5.79. The molecule has 21 heavy (non-hydrogen) atoms. The van der Waals surface area contributed by atoms with E-state index in [0.717, 1.165) is 6.07 Å². The molecule has 3 nitrogen and oxygen atoms in total. The van der Waals surface area contributed by atoms with Crippen LogP contribution in [0.4, 0.5) is 24.7 Å². The fourth-order valence-corrected chi connectivity index (χ4v) is 2.09. The Kier molecular flexibility index (Phi) is 3.39. The van der Waals surface area contributed by atoms with Crippen molar-refractivity contribution < 1.29 is 13.2 Å². The van der Waals surface area contributed by atoms with Crippen molar-refractivity contribution in [3.8, 4) is 0 Å². The Morgan fingerprint density at radius 3 is 2.57 bits per heavy atom. The molecule has 3 rings (SSSR count). The van der Waals surface area contributed by atoms with Gasteiger partial charge in [0.05, 0.1) is 11.2 Å². The van der Waals surface area contributed by atoms with Crippen molar-refractivity contribution in [1.29, 1.82) is 0 Å². The highest BCUT2D eigenvalue weighted by Gasteiger charge is 2.14. The van der Waals surface area contributed by atoms with Gasteiger partial charge in [-0.3, -0.25) is 0 Å². The number of hydrogen-bond donors (Lipinski definition) is 1. The van der Waals surface area contributed by atoms with Gasteiger partial charge in [0.15, 0.2) is 11.6 Å². The van der Waals surface area contributed by atoms with E-state index in [2.05, 4.69) is 15.3 Å². The summed E-state index contributed by atoms with van der Waals surface area (Å²) in [4.78, 5) is 7.94. The first kappa shape index (κ1) is 13.6. The lowest BCUT2D eigenvalue weighted by Gasteiger charge is -2.10. The number of nitrogens with zero attached hydrogens (tertiary/aromatic N) is 2. The summed E-state index contributed by atoms with van der Waals surface area (Å²) in [5, 5.41) is 3.03. The van der Waals surface area contributed by atoms with Crippen LogP contribution in [0.25, 0.3) is 10.9 Å². The number of aromatic nitrogens is 2. The van der Waals surface area contributed by atoms with Crippen LogP contribution in [-0.2, 0) is 0 Å². The first-order valence-electron chi connectivity index (χ1n) is 5.88. The first-order chi connectivity index (χ1) is 10.0. The van der Waals surface area contributed by atoms with Crippen molar-refractivity contribution in [2.24, 2.45) is 0 Å². The summed E-state index contributed by atoms with van der Waals surface area (Å²) in [5.41, 5.74) is 0.157. The molecule has 0 fully saturated rings. The standard InChI is InChI=1S/C14H7ClF3N3/c15-14-20-10-4-2-1-3-8(10)13(21-14)19-11-6-7(16)5-9(17)12(11)18/h1-6H,(H,19,20,21). The fraction of sp³-hybridized carbons (Fsp3) is 0. The molecule has 0 saturated carbocycles. The van der Waals surface area contributed by atoms with Crippen molar-refractivity contribution in [3.05, 3.63) is 59.1 Å². The zero-order valence-corrected chi connectivity index (χ0v) is 11.1. The molecule has 0 aliphatic carbocycles. The minimum Gasteiger partial charge on any atom is -0.337 e. The number of fused-ring (bicyclic) bond motifs is 1. The second-order valence-corrected chi connectivity index (χ2v) is 4.57. The van der Waals surface area contributed by atoms with E-state index in [9.17, 15) is 13.2 Å². The average Bonchev–Trinajstić information content (AvgIpc) is 2.44. The molecule has 2 aromatic carbocycles. The zero-order valence-electron chi connectivity index (χ0n) is 10.4. The fourth-order valence-electron chi connectivity index (χ4n) is 1.92. The molecule has 1 heterocycles. The molecule has 0 saturated heterocycles. The van der Waals surface area contributed by atoms with Gasteiger partial charge in [-0.25, -0.2) is 18.2 Å². The van der Waals surface area contributed by atoms with Crippen LogP contribution < -0.4 is 5.32 Å². The van der Waals surface area contributed by atoms with E-state index < -0.39 is 17.5 Å². The van der Waals surface area contributed by atoms with Crippen molar-refractivity contribution in [2.75, 3.05) is 5.32 Å². The van der Waals surface area contributed by atoms with E-state index in [1.807, 2.05) is 0 Å². The van der Waals surface area contributed by atoms with E-state index in [0.29, 0.717) is 17.0 Å². The Labute approximate surface area is 122 Å². The second kappa shape index (κ2) is 5.21. The van der Waals surface area contributed by atoms with Crippen LogP contribution >= 0.6 is 11.6 Å². The van der Waals surface area contributed by atoms with Crippen molar-refractivity contribution in [2.45, 2.75) is 0 Å². The monoisotopic (exact) mass is 309 g/mol. The van der Waals surface area contributed by atoms with Gasteiger partial charge in [0, 0.05) is 17.5 Å². The maximum absolute atomic E-state index is 13.7. The van der Waals surface area contributed by atoms with Gasteiger partial charge < -0.3 is 5.32 Å². The van der Waals surface area contributed by atoms with E-state index in [1.54, 1.807) is 24.3 Å². The van der Waals surface area contributed by atoms with E-state index in [4.69, 9.17) is 11.6 Å². The molecule has 7 heteroatoms. The Balaban J connectivity index is 2.14. The topological polar surface area (TPSA) is 37.8 Å². The molecule has 0 spiro atoms. The third kappa shape index (κ3) is 2.62. The number of rotatable bonds is 2. The predicted octanol–water partition coefficient (Wildman–Crippen LogP) is 4.44. The number of hydrogen-bond acceptors (Lipinski definition) is 3. The number of benzene rings is 2. The Hall–Kier alpha value is -2.34. The van der Waals surface area contributed by atoms with Crippen LogP contribution in [0.15, 0.2) is 36.4 Å². The molecule has 1 aromatic heterocycles. The normalized spacial score (nSPS) is 10.9. The van der Waals surface area contributed by atoms with Gasteiger partial charge in [-0.2, -0.15) is 4.98 Å². The van der Waals surface area contributed by atoms with E-state index >= 15 is 0 Å². The Morgan fingerprint density at radius 2 is 1.76 bits per heavy atom. The largest absolute Gasteiger partial charge is 0.337 e. The summed E-state index contributed by atoms with van der Waals surface area (Å²) in [7, 11) is 0. The molecule has 3 aromatic rings. The predicted molar refractivity (Wildman–Crippen MR) is 74.1 cm³/mol. The highest BCUT2D eigenvalue weighted by atomic mass is 35.5. The van der Waals surface area contributed by atoms with Gasteiger partial charge in [-0.05, 0) is 23.7 Å². The minimum atomic E-state index is -1.29. The molecule has 0 aliphatic heterocycles. The second-order valence-electron chi connectivity index (χ2n) is 4.23. The SMILES string of the molecule is Fc1cc(F)c(F)c(Nc2nc(Cl)nc3ccccc23)c1. The van der Waals surface area contributed by atoms with Crippen LogP contribution in [-0.4, -0.2) is 9.97 Å². The number of anilines is 2. The number of halogens is 4. The minimum absolute atomic E-state index is 0.0616. The Bertz CT molecular complexity index is 839. The molecule has 0 amide bonds. The number of para-hydroxylation sites is 1. The third-order valence-corrected chi connectivity index (χ3v) is 2.99. The Morgan fingerprint density at radius 1 is 1.00 bits per heavy atom. The molecular weight excluding hydrogens is 303 g/mol. The highest BCUT2D eigenvalue weighted by Crippen LogP contribution is 2.27. The lowest BCUT2D eigenvalue weighted by Crippen LogP contribution is -2.01. The molecule has 0 radical (unpaired) electrons. The molecule has 0 unspecified atom stereocenters. The summed E-state index contributed by atoms with van der Waals surface area (Å²) in [6.07, 6.45) is 0. The molecule has 0 atom stereocenters. The molecular formula is C14H7ClF3N3. The van der Waals surface area contributed by atoms with Crippen LogP contribution in [0.5, 0.6) is 0 Å². The van der Waals surface area contributed by atoms with E-state index in [1.165, 1.54) is 0 Å². The molecule has 106 valence electrons. The summed E-state index contributed by atoms with van der Waals surface area (Å²) < 4.78 is 40.1.